The maximum atomic E-state index is 14.8. The first-order valence-corrected chi connectivity index (χ1v) is 22.6. The van der Waals surface area contributed by atoms with Crippen molar-refractivity contribution in [3.05, 3.63) is 282 Å². The van der Waals surface area contributed by atoms with E-state index in [0.717, 1.165) is 83.7 Å². The van der Waals surface area contributed by atoms with Gasteiger partial charge in [0, 0.05) is 61.1 Å². The van der Waals surface area contributed by atoms with Gasteiger partial charge in [-0.3, -0.25) is 4.79 Å². The van der Waals surface area contributed by atoms with Crippen LogP contribution >= 0.6 is 0 Å². The van der Waals surface area contributed by atoms with Crippen LogP contribution in [0.1, 0.15) is 38.2 Å². The molecule has 0 saturated carbocycles. The lowest BCUT2D eigenvalue weighted by atomic mass is 9.59. The summed E-state index contributed by atoms with van der Waals surface area (Å²) in [6.45, 7) is 0. The highest BCUT2D eigenvalue weighted by molar-refractivity contribution is 6.29. The zero-order valence-corrected chi connectivity index (χ0v) is 35.9. The highest BCUT2D eigenvalue weighted by Gasteiger charge is 2.46. The van der Waals surface area contributed by atoms with E-state index in [1.54, 1.807) is 0 Å². The Morgan fingerprint density at radius 2 is 0.818 bits per heavy atom. The lowest BCUT2D eigenvalue weighted by Gasteiger charge is -2.42. The summed E-state index contributed by atoms with van der Waals surface area (Å²) in [4.78, 5) is 17.1. The number of para-hydroxylation sites is 4. The molecule has 66 heavy (non-hydrogen) atoms. The van der Waals surface area contributed by atoms with Gasteiger partial charge in [0.05, 0.1) is 27.5 Å². The predicted molar refractivity (Wildman–Crippen MR) is 272 cm³/mol. The molecule has 0 fully saturated rings. The molecule has 2 aromatic heterocycles. The van der Waals surface area contributed by atoms with Crippen molar-refractivity contribution in [3.8, 4) is 11.4 Å². The van der Waals surface area contributed by atoms with Crippen LogP contribution in [0.5, 0.6) is 0 Å². The Balaban J connectivity index is 1.16. The Labute approximate surface area is 382 Å². The summed E-state index contributed by atoms with van der Waals surface area (Å²) < 4.78 is 4.82. The molecular weight excluding hydrogens is 803 g/mol. The van der Waals surface area contributed by atoms with E-state index >= 15 is 0 Å². The molecule has 0 N–H and O–H groups in total. The fourth-order valence-electron chi connectivity index (χ4n) is 11.1. The number of hydrogen-bond donors (Lipinski definition) is 0. The molecule has 0 amide bonds. The second-order valence-electron chi connectivity index (χ2n) is 17.2. The Hall–Kier alpha value is -8.73. The van der Waals surface area contributed by atoms with Crippen molar-refractivity contribution in [1.29, 1.82) is 0 Å². The van der Waals surface area contributed by atoms with Crippen LogP contribution in [0.15, 0.2) is 249 Å². The van der Waals surface area contributed by atoms with Crippen molar-refractivity contribution in [2.45, 2.75) is 5.41 Å². The summed E-state index contributed by atoms with van der Waals surface area (Å²) in [5.74, 6) is 0.0406. The number of nitrogens with zero attached hydrogens (tertiary/aromatic N) is 3. The summed E-state index contributed by atoms with van der Waals surface area (Å²) in [6.07, 6.45) is 0. The molecular formula is C62H41N3O. The summed E-state index contributed by atoms with van der Waals surface area (Å²) >= 11 is 0. The zero-order chi connectivity index (χ0) is 43.8. The van der Waals surface area contributed by atoms with Gasteiger partial charge in [0.25, 0.3) is 0 Å². The highest BCUT2D eigenvalue weighted by Crippen LogP contribution is 2.52. The third kappa shape index (κ3) is 5.49. The monoisotopic (exact) mass is 843 g/mol. The van der Waals surface area contributed by atoms with Crippen LogP contribution in [-0.4, -0.2) is 14.9 Å². The Kier molecular flexibility index (Phi) is 8.55. The van der Waals surface area contributed by atoms with E-state index in [2.05, 4.69) is 251 Å². The lowest BCUT2D eigenvalue weighted by Crippen LogP contribution is -2.38. The third-order valence-electron chi connectivity index (χ3n) is 13.7. The predicted octanol–water partition coefficient (Wildman–Crippen LogP) is 15.3. The first-order valence-electron chi connectivity index (χ1n) is 22.6. The van der Waals surface area contributed by atoms with Gasteiger partial charge in [0.15, 0.2) is 5.78 Å². The van der Waals surface area contributed by atoms with E-state index in [-0.39, 0.29) is 5.78 Å². The maximum absolute atomic E-state index is 14.8. The first kappa shape index (κ1) is 37.8. The molecule has 1 aliphatic carbocycles. The molecule has 1 aliphatic rings. The first-order chi connectivity index (χ1) is 32.7. The second kappa shape index (κ2) is 14.9. The average molecular weight is 844 g/mol. The number of rotatable bonds is 7. The number of carbonyl (C=O) groups excluding carboxylic acids is 1. The summed E-state index contributed by atoms with van der Waals surface area (Å²) in [7, 11) is 0. The number of hydrogen-bond acceptors (Lipinski definition) is 2. The smallest absolute Gasteiger partial charge is 0.193 e. The zero-order valence-electron chi connectivity index (χ0n) is 35.9. The summed E-state index contributed by atoms with van der Waals surface area (Å²) in [5.41, 5.74) is 14.6. The molecule has 4 nitrogen and oxygen atoms in total. The van der Waals surface area contributed by atoms with Gasteiger partial charge in [-0.2, -0.15) is 0 Å². The van der Waals surface area contributed by atoms with E-state index in [4.69, 9.17) is 0 Å². The van der Waals surface area contributed by atoms with Crippen molar-refractivity contribution in [3.63, 3.8) is 0 Å². The number of anilines is 3. The Morgan fingerprint density at radius 3 is 1.47 bits per heavy atom. The van der Waals surface area contributed by atoms with Gasteiger partial charge in [-0.15, -0.1) is 0 Å². The standard InChI is InChI=1S/C62H41N3O/c66-61-49-30-16-18-32-53(49)62(42-20-6-1-7-21-42,43-22-8-2-9-23-43)54-41-48(34-36-50(54)61)65-56-37-35-47(63(44-24-10-3-11-25-44)45-26-12-4-13-27-45)40-52(56)60-58(65)39-38-57-59(60)51-31-17-19-33-55(51)64(57)46-28-14-5-15-29-46/h1-41H. The molecule has 0 unspecified atom stereocenters. The van der Waals surface area contributed by atoms with Crippen LogP contribution in [0.2, 0.25) is 0 Å². The largest absolute Gasteiger partial charge is 0.310 e. The second-order valence-corrected chi connectivity index (χ2v) is 17.2. The molecule has 0 spiro atoms. The summed E-state index contributed by atoms with van der Waals surface area (Å²) in [6, 6.07) is 88.3. The molecule has 0 aliphatic heterocycles. The molecule has 0 saturated heterocycles. The molecule has 10 aromatic carbocycles. The van der Waals surface area contributed by atoms with E-state index in [1.165, 1.54) is 16.2 Å². The van der Waals surface area contributed by atoms with Gasteiger partial charge in [-0.05, 0) is 113 Å². The third-order valence-corrected chi connectivity index (χ3v) is 13.7. The molecule has 0 radical (unpaired) electrons. The van der Waals surface area contributed by atoms with Gasteiger partial charge in [0.1, 0.15) is 0 Å². The van der Waals surface area contributed by atoms with Gasteiger partial charge in [0.2, 0.25) is 0 Å². The SMILES string of the molecule is O=C1c2ccccc2C(c2ccccc2)(c2ccccc2)c2cc(-n3c4ccc(N(c5ccccc5)c5ccccc5)cc4c4c5c6ccccc6n(-c6ccccc6)c5ccc43)ccc21. The molecule has 13 rings (SSSR count). The molecule has 0 atom stereocenters. The molecule has 4 heteroatoms. The van der Waals surface area contributed by atoms with E-state index in [9.17, 15) is 4.79 Å². The van der Waals surface area contributed by atoms with Crippen LogP contribution in [0.3, 0.4) is 0 Å². The number of carbonyl (C=O) groups is 1. The van der Waals surface area contributed by atoms with Crippen LogP contribution in [0, 0.1) is 0 Å². The van der Waals surface area contributed by atoms with Crippen molar-refractivity contribution in [2.75, 3.05) is 4.90 Å². The normalized spacial score (nSPS) is 13.0. The number of benzene rings is 10. The van der Waals surface area contributed by atoms with Gasteiger partial charge < -0.3 is 14.0 Å². The highest BCUT2D eigenvalue weighted by atomic mass is 16.1. The van der Waals surface area contributed by atoms with Crippen LogP contribution in [0.4, 0.5) is 17.1 Å². The van der Waals surface area contributed by atoms with Crippen LogP contribution in [0.25, 0.3) is 55.0 Å². The van der Waals surface area contributed by atoms with E-state index in [0.29, 0.717) is 5.56 Å². The molecule has 0 bridgehead atoms. The van der Waals surface area contributed by atoms with Gasteiger partial charge in [-0.1, -0.05) is 158 Å². The van der Waals surface area contributed by atoms with E-state index in [1.807, 2.05) is 12.1 Å². The summed E-state index contributed by atoms with van der Waals surface area (Å²) in [5, 5.41) is 4.70. The van der Waals surface area contributed by atoms with Crippen molar-refractivity contribution >= 4 is 66.5 Å². The molecule has 2 heterocycles. The van der Waals surface area contributed by atoms with E-state index < -0.39 is 5.41 Å². The van der Waals surface area contributed by atoms with Crippen molar-refractivity contribution in [1.82, 2.24) is 9.13 Å². The lowest BCUT2D eigenvalue weighted by molar-refractivity contribution is 0.103. The minimum Gasteiger partial charge on any atom is -0.310 e. The van der Waals surface area contributed by atoms with Gasteiger partial charge >= 0.3 is 0 Å². The van der Waals surface area contributed by atoms with Crippen molar-refractivity contribution < 1.29 is 4.79 Å². The van der Waals surface area contributed by atoms with Gasteiger partial charge in [-0.25, -0.2) is 0 Å². The maximum Gasteiger partial charge on any atom is 0.193 e. The topological polar surface area (TPSA) is 30.2 Å². The average Bonchev–Trinajstić information content (AvgIpc) is 3.91. The number of ketones is 1. The number of fused-ring (bicyclic) bond motifs is 9. The quantitative estimate of drug-likeness (QED) is 0.160. The fourth-order valence-corrected chi connectivity index (χ4v) is 11.1. The number of aromatic nitrogens is 2. The van der Waals surface area contributed by atoms with Crippen LogP contribution < -0.4 is 4.90 Å². The molecule has 12 aromatic rings. The Bertz CT molecular complexity index is 3740. The van der Waals surface area contributed by atoms with Crippen molar-refractivity contribution in [2.24, 2.45) is 0 Å². The minimum absolute atomic E-state index is 0.0406. The van der Waals surface area contributed by atoms with Crippen LogP contribution in [-0.2, 0) is 5.41 Å². The minimum atomic E-state index is -0.771. The Morgan fingerprint density at radius 1 is 0.333 bits per heavy atom. The molecule has 310 valence electrons. The fraction of sp³-hybridized carbons (Fsp3) is 0.0161.